The quantitative estimate of drug-likeness (QED) is 0.715. The Bertz CT molecular complexity index is 623. The number of carbonyl (C=O) groups excluding carboxylic acids is 1. The Morgan fingerprint density at radius 3 is 2.50 bits per heavy atom. The van der Waals surface area contributed by atoms with Gasteiger partial charge in [-0.3, -0.25) is 4.79 Å². The molecule has 1 aromatic rings. The van der Waals surface area contributed by atoms with Crippen molar-refractivity contribution in [1.82, 2.24) is 4.90 Å². The maximum atomic E-state index is 12.9. The van der Waals surface area contributed by atoms with Gasteiger partial charge in [-0.05, 0) is 29.4 Å². The van der Waals surface area contributed by atoms with Crippen molar-refractivity contribution < 1.29 is 18.0 Å². The summed E-state index contributed by atoms with van der Waals surface area (Å²) in [7, 11) is 0. The predicted octanol–water partition coefficient (Wildman–Crippen LogP) is 3.69. The molecule has 1 fully saturated rings. The van der Waals surface area contributed by atoms with Crippen LogP contribution in [0.4, 0.5) is 13.2 Å². The van der Waals surface area contributed by atoms with E-state index in [1.165, 1.54) is 5.56 Å². The van der Waals surface area contributed by atoms with Crippen LogP contribution in [0.5, 0.6) is 0 Å². The van der Waals surface area contributed by atoms with Gasteiger partial charge in [-0.2, -0.15) is 13.2 Å². The monoisotopic (exact) mass is 311 g/mol. The third-order valence-corrected chi connectivity index (χ3v) is 6.01. The average Bonchev–Trinajstić information content (AvgIpc) is 2.41. The number of carbonyl (C=O) groups is 1. The van der Waals surface area contributed by atoms with Crippen LogP contribution in [0.2, 0.25) is 0 Å². The van der Waals surface area contributed by atoms with Gasteiger partial charge in [-0.25, -0.2) is 0 Å². The second-order valence-corrected chi connectivity index (χ2v) is 7.18. The molecule has 2 nitrogen and oxygen atoms in total. The number of nitrogens with zero attached hydrogens (tertiary/aromatic N) is 1. The first-order chi connectivity index (χ1) is 10.1. The lowest BCUT2D eigenvalue weighted by atomic mass is 9.51. The lowest BCUT2D eigenvalue weighted by Gasteiger charge is -2.60. The zero-order valence-electron chi connectivity index (χ0n) is 13.0. The number of amides is 1. The lowest BCUT2D eigenvalue weighted by molar-refractivity contribution is -0.195. The van der Waals surface area contributed by atoms with Gasteiger partial charge >= 0.3 is 12.1 Å². The summed E-state index contributed by atoms with van der Waals surface area (Å²) in [5.41, 5.74) is 1.67. The molecule has 5 heteroatoms. The Morgan fingerprint density at radius 1 is 1.23 bits per heavy atom. The van der Waals surface area contributed by atoms with E-state index in [4.69, 9.17) is 0 Å². The maximum absolute atomic E-state index is 12.9. The van der Waals surface area contributed by atoms with E-state index in [-0.39, 0.29) is 12.0 Å². The Hall–Kier alpha value is -1.52. The molecule has 1 saturated heterocycles. The Labute approximate surface area is 128 Å². The van der Waals surface area contributed by atoms with Crippen molar-refractivity contribution in [3.63, 3.8) is 0 Å². The summed E-state index contributed by atoms with van der Waals surface area (Å²) in [4.78, 5) is 12.9. The highest BCUT2D eigenvalue weighted by molar-refractivity contribution is 5.82. The van der Waals surface area contributed by atoms with E-state index in [9.17, 15) is 18.0 Å². The average molecular weight is 311 g/mol. The van der Waals surface area contributed by atoms with Crippen LogP contribution in [0, 0.1) is 5.41 Å². The van der Waals surface area contributed by atoms with Gasteiger partial charge in [-0.1, -0.05) is 45.0 Å². The van der Waals surface area contributed by atoms with E-state index in [0.29, 0.717) is 12.8 Å². The van der Waals surface area contributed by atoms with Crippen LogP contribution < -0.4 is 0 Å². The van der Waals surface area contributed by atoms with Gasteiger partial charge in [0.1, 0.15) is 0 Å². The molecule has 0 N–H and O–H groups in total. The van der Waals surface area contributed by atoms with Crippen LogP contribution >= 0.6 is 0 Å². The van der Waals surface area contributed by atoms with Crippen LogP contribution in [0.25, 0.3) is 0 Å². The number of fused-ring (bicyclic) bond motifs is 4. The van der Waals surface area contributed by atoms with Crippen LogP contribution in [0.1, 0.15) is 38.3 Å². The molecular formula is C17H20F3NO. The van der Waals surface area contributed by atoms with Crippen molar-refractivity contribution in [2.45, 2.75) is 51.2 Å². The van der Waals surface area contributed by atoms with Crippen LogP contribution in [-0.2, 0) is 16.6 Å². The van der Waals surface area contributed by atoms with Crippen molar-refractivity contribution in [3.05, 3.63) is 35.4 Å². The minimum atomic E-state index is -4.80. The first kappa shape index (κ1) is 15.4. The molecule has 2 aliphatic rings. The zero-order valence-corrected chi connectivity index (χ0v) is 13.0. The number of rotatable bonds is 0. The van der Waals surface area contributed by atoms with Crippen molar-refractivity contribution in [2.24, 2.45) is 5.41 Å². The Kier molecular flexibility index (Phi) is 3.14. The molecule has 1 heterocycles. The van der Waals surface area contributed by atoms with Gasteiger partial charge in [0.25, 0.3) is 0 Å². The van der Waals surface area contributed by atoms with E-state index in [1.807, 2.05) is 32.0 Å². The van der Waals surface area contributed by atoms with E-state index in [2.05, 4.69) is 13.0 Å². The molecule has 1 aromatic carbocycles. The highest BCUT2D eigenvalue weighted by atomic mass is 19.4. The number of likely N-dealkylation sites (tertiary alicyclic amines) is 1. The van der Waals surface area contributed by atoms with Gasteiger partial charge < -0.3 is 4.90 Å². The first-order valence-electron chi connectivity index (χ1n) is 7.55. The number of piperidine rings is 1. The van der Waals surface area contributed by atoms with E-state index in [0.717, 1.165) is 10.5 Å². The van der Waals surface area contributed by atoms with Crippen molar-refractivity contribution in [1.29, 1.82) is 0 Å². The first-order valence-corrected chi connectivity index (χ1v) is 7.55. The highest BCUT2D eigenvalue weighted by Gasteiger charge is 2.59. The molecule has 22 heavy (non-hydrogen) atoms. The Balaban J connectivity index is 2.09. The molecule has 0 spiro atoms. The van der Waals surface area contributed by atoms with Gasteiger partial charge in [0, 0.05) is 18.0 Å². The highest BCUT2D eigenvalue weighted by Crippen LogP contribution is 2.56. The number of alkyl halides is 3. The third kappa shape index (κ3) is 1.90. The molecule has 0 saturated carbocycles. The van der Waals surface area contributed by atoms with Crippen LogP contribution in [0.3, 0.4) is 0 Å². The topological polar surface area (TPSA) is 20.3 Å². The van der Waals surface area contributed by atoms with Gasteiger partial charge in [0.2, 0.25) is 0 Å². The van der Waals surface area contributed by atoms with E-state index in [1.54, 1.807) is 0 Å². The molecule has 1 aliphatic heterocycles. The van der Waals surface area contributed by atoms with Crippen molar-refractivity contribution in [2.75, 3.05) is 6.54 Å². The fourth-order valence-electron chi connectivity index (χ4n) is 4.28. The number of benzene rings is 1. The zero-order chi connectivity index (χ0) is 16.3. The van der Waals surface area contributed by atoms with Gasteiger partial charge in [0.15, 0.2) is 0 Å². The normalized spacial score (nSPS) is 29.9. The van der Waals surface area contributed by atoms with Crippen LogP contribution in [0.15, 0.2) is 24.3 Å². The van der Waals surface area contributed by atoms with E-state index >= 15 is 0 Å². The fraction of sp³-hybridized carbons (Fsp3) is 0.588. The molecule has 120 valence electrons. The minimum absolute atomic E-state index is 0.164. The summed E-state index contributed by atoms with van der Waals surface area (Å²) in [6, 6.07) is 7.52. The number of halogens is 3. The van der Waals surface area contributed by atoms with Gasteiger partial charge in [0.05, 0.1) is 0 Å². The number of hydrogen-bond acceptors (Lipinski definition) is 1. The lowest BCUT2D eigenvalue weighted by Crippen LogP contribution is -2.66. The summed E-state index contributed by atoms with van der Waals surface area (Å²) >= 11 is 0. The second-order valence-electron chi connectivity index (χ2n) is 7.18. The minimum Gasteiger partial charge on any atom is -0.331 e. The molecule has 2 atom stereocenters. The maximum Gasteiger partial charge on any atom is 0.471 e. The van der Waals surface area contributed by atoms with Crippen molar-refractivity contribution >= 4 is 5.91 Å². The van der Waals surface area contributed by atoms with Gasteiger partial charge in [-0.15, -0.1) is 0 Å². The summed E-state index contributed by atoms with van der Waals surface area (Å²) in [6.45, 7) is 6.26. The summed E-state index contributed by atoms with van der Waals surface area (Å²) < 4.78 is 38.7. The van der Waals surface area contributed by atoms with Crippen molar-refractivity contribution in [3.8, 4) is 0 Å². The molecule has 1 aliphatic carbocycles. The number of hydrogen-bond donors (Lipinski definition) is 0. The summed E-state index contributed by atoms with van der Waals surface area (Å²) in [6.07, 6.45) is -3.77. The SMILES string of the molecule is CC12CCN(C(=O)C(F)(F)F)[C@H](Cc3ccccc31)C2(C)C. The van der Waals surface area contributed by atoms with E-state index < -0.39 is 23.5 Å². The molecule has 0 aromatic heterocycles. The van der Waals surface area contributed by atoms with Crippen LogP contribution in [-0.4, -0.2) is 29.6 Å². The largest absolute Gasteiger partial charge is 0.471 e. The smallest absolute Gasteiger partial charge is 0.331 e. The summed E-state index contributed by atoms with van der Waals surface area (Å²) in [5, 5.41) is 0. The fourth-order valence-corrected chi connectivity index (χ4v) is 4.28. The molecule has 1 unspecified atom stereocenters. The molecule has 1 amide bonds. The predicted molar refractivity (Wildman–Crippen MR) is 77.5 cm³/mol. The molecule has 0 radical (unpaired) electrons. The summed E-state index contributed by atoms with van der Waals surface area (Å²) in [5.74, 6) is -1.70. The Morgan fingerprint density at radius 2 is 1.86 bits per heavy atom. The molecular weight excluding hydrogens is 291 g/mol. The third-order valence-electron chi connectivity index (χ3n) is 6.01. The second kappa shape index (κ2) is 4.49. The standard InChI is InChI=1S/C17H20F3NO/c1-15(2)13-10-11-6-4-5-7-12(11)16(15,3)8-9-21(13)14(22)17(18,19)20/h4-7,13H,8-10H2,1-3H3/t13-,16?/m1/s1. The molecule has 2 bridgehead atoms. The molecule has 3 rings (SSSR count).